The Balaban J connectivity index is 1.48. The maximum atomic E-state index is 12.9. The predicted octanol–water partition coefficient (Wildman–Crippen LogP) is 4.11. The third-order valence-electron chi connectivity index (χ3n) is 7.16. The van der Waals surface area contributed by atoms with Crippen molar-refractivity contribution in [2.45, 2.75) is 40.5 Å². The standard InChI is InChI=1S/C25H27N3O2/c1-5-17-8-6-7-14(2)23(17)27-15(3)11-20(16(27)4)13-26-28-24(29)21-18-9-10-19(12-18)22(21)25(28)30/h6-11,13,18-19,21-22H,5,12H2,1-4H3/t18-,19-,21-,22+/m0/s1. The lowest BCUT2D eigenvalue weighted by molar-refractivity contribution is -0.140. The van der Waals surface area contributed by atoms with Gasteiger partial charge in [-0.3, -0.25) is 9.59 Å². The predicted molar refractivity (Wildman–Crippen MR) is 117 cm³/mol. The normalized spacial score (nSPS) is 27.1. The average molecular weight is 402 g/mol. The number of hydrogen-bond acceptors (Lipinski definition) is 3. The Hall–Kier alpha value is -2.95. The Morgan fingerprint density at radius 1 is 1.07 bits per heavy atom. The van der Waals surface area contributed by atoms with Gasteiger partial charge in [-0.05, 0) is 62.6 Å². The van der Waals surface area contributed by atoms with Crippen LogP contribution in [-0.4, -0.2) is 27.6 Å². The van der Waals surface area contributed by atoms with Crippen molar-refractivity contribution < 1.29 is 9.59 Å². The second kappa shape index (κ2) is 6.79. The molecule has 0 N–H and O–H groups in total. The summed E-state index contributed by atoms with van der Waals surface area (Å²) in [7, 11) is 0. The van der Waals surface area contributed by atoms with Gasteiger partial charge in [0.2, 0.25) is 0 Å². The molecule has 1 saturated carbocycles. The minimum absolute atomic E-state index is 0.140. The maximum absolute atomic E-state index is 12.9. The number of carbonyl (C=O) groups is 2. The molecular weight excluding hydrogens is 374 g/mol. The van der Waals surface area contributed by atoms with E-state index >= 15 is 0 Å². The second-order valence-corrected chi connectivity index (χ2v) is 8.83. The van der Waals surface area contributed by atoms with Crippen LogP contribution in [0.1, 0.15) is 41.4 Å². The van der Waals surface area contributed by atoms with Gasteiger partial charge in [0.25, 0.3) is 11.8 Å². The summed E-state index contributed by atoms with van der Waals surface area (Å²) in [5, 5.41) is 5.50. The zero-order valence-corrected chi connectivity index (χ0v) is 17.9. The number of allylic oxidation sites excluding steroid dienone is 2. The number of hydrazone groups is 1. The van der Waals surface area contributed by atoms with Crippen molar-refractivity contribution in [1.29, 1.82) is 0 Å². The molecule has 0 spiro atoms. The first-order valence-corrected chi connectivity index (χ1v) is 10.8. The molecule has 1 saturated heterocycles. The molecule has 5 heteroatoms. The van der Waals surface area contributed by atoms with Gasteiger partial charge in [0, 0.05) is 17.0 Å². The maximum Gasteiger partial charge on any atom is 0.254 e. The largest absolute Gasteiger partial charge is 0.317 e. The molecule has 1 aromatic heterocycles. The summed E-state index contributed by atoms with van der Waals surface area (Å²) in [5.74, 6) is -0.295. The number of carbonyl (C=O) groups excluding carboxylic acids is 2. The van der Waals surface area contributed by atoms with E-state index in [1.807, 2.05) is 0 Å². The Morgan fingerprint density at radius 3 is 2.37 bits per heavy atom. The van der Waals surface area contributed by atoms with Gasteiger partial charge in [-0.1, -0.05) is 37.3 Å². The van der Waals surface area contributed by atoms with E-state index in [1.165, 1.54) is 16.8 Å². The topological polar surface area (TPSA) is 54.7 Å². The van der Waals surface area contributed by atoms with Crippen molar-refractivity contribution in [2.24, 2.45) is 28.8 Å². The number of aromatic nitrogens is 1. The van der Waals surface area contributed by atoms with Crippen LogP contribution in [0.3, 0.4) is 0 Å². The van der Waals surface area contributed by atoms with Gasteiger partial charge in [-0.2, -0.15) is 10.1 Å². The summed E-state index contributed by atoms with van der Waals surface area (Å²) < 4.78 is 2.25. The zero-order chi connectivity index (χ0) is 21.2. The van der Waals surface area contributed by atoms with Crippen LogP contribution in [0.4, 0.5) is 0 Å². The minimum Gasteiger partial charge on any atom is -0.317 e. The van der Waals surface area contributed by atoms with Crippen LogP contribution in [0, 0.1) is 44.4 Å². The number of aryl methyl sites for hydroxylation is 3. The SMILES string of the molecule is CCc1cccc(C)c1-n1c(C)cc(C=NN2C(=O)[C@@H]3[C@H](C2=O)[C@H]2C=C[C@H]3C2)c1C. The molecule has 5 rings (SSSR count). The van der Waals surface area contributed by atoms with E-state index in [9.17, 15) is 9.59 Å². The lowest BCUT2D eigenvalue weighted by Crippen LogP contribution is -2.28. The van der Waals surface area contributed by atoms with Gasteiger partial charge in [0.15, 0.2) is 0 Å². The molecule has 2 heterocycles. The van der Waals surface area contributed by atoms with E-state index in [0.29, 0.717) is 0 Å². The summed E-state index contributed by atoms with van der Waals surface area (Å²) in [6.07, 6.45) is 7.76. The van der Waals surface area contributed by atoms with Crippen molar-refractivity contribution in [2.75, 3.05) is 0 Å². The molecule has 2 aliphatic carbocycles. The third-order valence-corrected chi connectivity index (χ3v) is 7.16. The number of fused-ring (bicyclic) bond motifs is 5. The highest BCUT2D eigenvalue weighted by Crippen LogP contribution is 2.52. The molecule has 4 atom stereocenters. The smallest absolute Gasteiger partial charge is 0.254 e. The summed E-state index contributed by atoms with van der Waals surface area (Å²) in [6.45, 7) is 8.44. The van der Waals surface area contributed by atoms with E-state index in [0.717, 1.165) is 34.8 Å². The van der Waals surface area contributed by atoms with Crippen molar-refractivity contribution in [3.8, 4) is 5.69 Å². The van der Waals surface area contributed by atoms with Crippen LogP contribution >= 0.6 is 0 Å². The number of imide groups is 1. The van der Waals surface area contributed by atoms with E-state index < -0.39 is 0 Å². The molecule has 5 nitrogen and oxygen atoms in total. The lowest BCUT2D eigenvalue weighted by Gasteiger charge is -2.17. The van der Waals surface area contributed by atoms with Gasteiger partial charge in [-0.25, -0.2) is 0 Å². The highest BCUT2D eigenvalue weighted by atomic mass is 16.2. The number of hydrogen-bond donors (Lipinski definition) is 0. The molecule has 0 unspecified atom stereocenters. The zero-order valence-electron chi connectivity index (χ0n) is 17.9. The molecule has 0 radical (unpaired) electrons. The molecular formula is C25H27N3O2. The fraction of sp³-hybridized carbons (Fsp3) is 0.400. The Bertz CT molecular complexity index is 1090. The molecule has 2 fully saturated rings. The van der Waals surface area contributed by atoms with Crippen molar-refractivity contribution in [1.82, 2.24) is 9.58 Å². The van der Waals surface area contributed by atoms with E-state index in [-0.39, 0.29) is 35.5 Å². The first-order valence-electron chi connectivity index (χ1n) is 10.8. The second-order valence-electron chi connectivity index (χ2n) is 8.83. The fourth-order valence-electron chi connectivity index (χ4n) is 5.71. The van der Waals surface area contributed by atoms with Crippen LogP contribution in [0.5, 0.6) is 0 Å². The molecule has 1 aliphatic heterocycles. The Morgan fingerprint density at radius 2 is 1.73 bits per heavy atom. The van der Waals surface area contributed by atoms with Gasteiger partial charge < -0.3 is 4.57 Å². The van der Waals surface area contributed by atoms with Crippen LogP contribution < -0.4 is 0 Å². The van der Waals surface area contributed by atoms with Gasteiger partial charge in [-0.15, -0.1) is 0 Å². The Kier molecular flexibility index (Phi) is 4.31. The highest BCUT2D eigenvalue weighted by molar-refractivity contribution is 6.06. The first-order chi connectivity index (χ1) is 14.4. The molecule has 2 bridgehead atoms. The molecule has 154 valence electrons. The van der Waals surface area contributed by atoms with Crippen molar-refractivity contribution in [3.05, 3.63) is 64.5 Å². The highest BCUT2D eigenvalue weighted by Gasteiger charge is 2.59. The summed E-state index contributed by atoms with van der Waals surface area (Å²) in [5.41, 5.74) is 6.82. The molecule has 2 amide bonds. The average Bonchev–Trinajstić information content (AvgIpc) is 3.46. The third kappa shape index (κ3) is 2.57. The monoisotopic (exact) mass is 401 g/mol. The van der Waals surface area contributed by atoms with E-state index in [2.05, 4.69) is 73.8 Å². The summed E-state index contributed by atoms with van der Waals surface area (Å²) >= 11 is 0. The van der Waals surface area contributed by atoms with Crippen LogP contribution in [0.2, 0.25) is 0 Å². The van der Waals surface area contributed by atoms with E-state index in [1.54, 1.807) is 6.21 Å². The number of amides is 2. The van der Waals surface area contributed by atoms with Crippen LogP contribution in [-0.2, 0) is 16.0 Å². The molecule has 3 aliphatic rings. The summed E-state index contributed by atoms with van der Waals surface area (Å²) in [6, 6.07) is 8.46. The Labute approximate surface area is 177 Å². The van der Waals surface area contributed by atoms with Gasteiger partial charge >= 0.3 is 0 Å². The number of nitrogens with zero attached hydrogens (tertiary/aromatic N) is 3. The number of rotatable bonds is 4. The molecule has 1 aromatic carbocycles. The molecule has 30 heavy (non-hydrogen) atoms. The van der Waals surface area contributed by atoms with Crippen molar-refractivity contribution >= 4 is 18.0 Å². The van der Waals surface area contributed by atoms with E-state index in [4.69, 9.17) is 0 Å². The van der Waals surface area contributed by atoms with Crippen LogP contribution in [0.25, 0.3) is 5.69 Å². The van der Waals surface area contributed by atoms with Gasteiger partial charge in [0.1, 0.15) is 0 Å². The first kappa shape index (κ1) is 19.0. The number of para-hydroxylation sites is 1. The molecule has 2 aromatic rings. The van der Waals surface area contributed by atoms with Crippen molar-refractivity contribution in [3.63, 3.8) is 0 Å². The summed E-state index contributed by atoms with van der Waals surface area (Å²) in [4.78, 5) is 25.7. The lowest BCUT2D eigenvalue weighted by atomic mass is 9.85. The minimum atomic E-state index is -0.212. The van der Waals surface area contributed by atoms with Crippen LogP contribution in [0.15, 0.2) is 41.5 Å². The van der Waals surface area contributed by atoms with Gasteiger partial charge in [0.05, 0.1) is 23.7 Å². The number of benzene rings is 1. The fourth-order valence-corrected chi connectivity index (χ4v) is 5.71. The quantitative estimate of drug-likeness (QED) is 0.440.